The van der Waals surface area contributed by atoms with Crippen molar-refractivity contribution >= 4 is 25.8 Å². The molecule has 0 amide bonds. The zero-order valence-electron chi connectivity index (χ0n) is 18.4. The topological polar surface area (TPSA) is 89.8 Å². The summed E-state index contributed by atoms with van der Waals surface area (Å²) in [5.74, 6) is 0.403. The van der Waals surface area contributed by atoms with E-state index in [0.717, 1.165) is 53.1 Å². The summed E-state index contributed by atoms with van der Waals surface area (Å²) < 4.78 is 35.3. The van der Waals surface area contributed by atoms with Crippen molar-refractivity contribution in [3.63, 3.8) is 0 Å². The van der Waals surface area contributed by atoms with Gasteiger partial charge in [0.15, 0.2) is 0 Å². The second-order valence-electron chi connectivity index (χ2n) is 8.49. The third-order valence-corrected chi connectivity index (χ3v) is 6.51. The Kier molecular flexibility index (Phi) is 5.45. The molecule has 2 heterocycles. The third kappa shape index (κ3) is 3.86. The molecule has 1 aliphatic rings. The Hall–Kier alpha value is -3.56. The smallest absolute Gasteiger partial charge is 0.322 e. The maximum absolute atomic E-state index is 13.6. The molecule has 1 saturated carbocycles. The highest BCUT2D eigenvalue weighted by molar-refractivity contribution is 7.17. The fourth-order valence-electron chi connectivity index (χ4n) is 4.39. The highest BCUT2D eigenvalue weighted by atomic mass is 31.0. The van der Waals surface area contributed by atoms with Crippen molar-refractivity contribution in [3.05, 3.63) is 65.5 Å². The Morgan fingerprint density at radius 3 is 2.65 bits per heavy atom. The van der Waals surface area contributed by atoms with E-state index in [0.29, 0.717) is 17.0 Å². The molecule has 1 fully saturated rings. The van der Waals surface area contributed by atoms with E-state index in [1.165, 1.54) is 15.4 Å². The number of nitrogens with zero attached hydrogens (tertiary/aromatic N) is 4. The van der Waals surface area contributed by atoms with Crippen LogP contribution in [0.15, 0.2) is 48.7 Å². The van der Waals surface area contributed by atoms with E-state index in [2.05, 4.69) is 20.6 Å². The fourth-order valence-corrected chi connectivity index (χ4v) is 4.55. The molecular formula is C25H22F2N5OP. The Labute approximate surface area is 197 Å². The summed E-state index contributed by atoms with van der Waals surface area (Å²) in [4.78, 5) is 7.81. The van der Waals surface area contributed by atoms with E-state index < -0.39 is 11.4 Å². The number of nitriles is 1. The van der Waals surface area contributed by atoms with Gasteiger partial charge in [-0.25, -0.2) is 4.98 Å². The van der Waals surface area contributed by atoms with Gasteiger partial charge in [-0.05, 0) is 62.1 Å². The molecule has 2 N–H and O–H groups in total. The number of nitrogens with two attached hydrogens (primary N) is 1. The number of benzene rings is 2. The van der Waals surface area contributed by atoms with Crippen LogP contribution in [0.1, 0.15) is 42.1 Å². The summed E-state index contributed by atoms with van der Waals surface area (Å²) in [6, 6.07) is 14.7. The minimum Gasteiger partial charge on any atom is -0.424 e. The molecule has 0 spiro atoms. The molecule has 34 heavy (non-hydrogen) atoms. The molecule has 4 aromatic rings. The fraction of sp³-hybridized carbons (Fsp3) is 0.240. The van der Waals surface area contributed by atoms with Crippen LogP contribution in [-0.2, 0) is 5.66 Å². The number of aryl methyl sites for hydroxylation is 1. The lowest BCUT2D eigenvalue weighted by molar-refractivity contribution is 0.0976. The maximum Gasteiger partial charge on any atom is 0.322 e. The minimum absolute atomic E-state index is 0.171. The van der Waals surface area contributed by atoms with Crippen LogP contribution in [0, 0.1) is 18.3 Å². The van der Waals surface area contributed by atoms with Crippen LogP contribution >= 0.6 is 9.24 Å². The Bertz CT molecular complexity index is 1450. The summed E-state index contributed by atoms with van der Waals surface area (Å²) in [5.41, 5.74) is 7.23. The lowest BCUT2D eigenvalue weighted by Gasteiger charge is -2.30. The second-order valence-corrected chi connectivity index (χ2v) is 9.22. The first-order valence-electron chi connectivity index (χ1n) is 10.9. The molecular weight excluding hydrogens is 455 g/mol. The van der Waals surface area contributed by atoms with Gasteiger partial charge in [0.2, 0.25) is 0 Å². The van der Waals surface area contributed by atoms with E-state index in [4.69, 9.17) is 10.5 Å². The number of alkyl halides is 2. The van der Waals surface area contributed by atoms with Gasteiger partial charge in [-0.15, -0.1) is 0 Å². The number of anilines is 1. The molecule has 2 aromatic heterocycles. The predicted octanol–water partition coefficient (Wildman–Crippen LogP) is 6.30. The van der Waals surface area contributed by atoms with Gasteiger partial charge in [0.25, 0.3) is 5.66 Å². The van der Waals surface area contributed by atoms with Crippen molar-refractivity contribution in [2.45, 2.75) is 37.9 Å². The lowest BCUT2D eigenvalue weighted by Crippen LogP contribution is -2.18. The zero-order chi connectivity index (χ0) is 24.0. The molecule has 1 unspecified atom stereocenters. The van der Waals surface area contributed by atoms with Gasteiger partial charge >= 0.3 is 6.01 Å². The molecule has 0 aliphatic heterocycles. The van der Waals surface area contributed by atoms with Crippen LogP contribution in [0.2, 0.25) is 0 Å². The van der Waals surface area contributed by atoms with Crippen LogP contribution < -0.4 is 10.5 Å². The van der Waals surface area contributed by atoms with Crippen LogP contribution in [-0.4, -0.2) is 14.5 Å². The summed E-state index contributed by atoms with van der Waals surface area (Å²) in [5, 5.41) is 10.9. The molecule has 9 heteroatoms. The van der Waals surface area contributed by atoms with Gasteiger partial charge in [-0.1, -0.05) is 15.3 Å². The molecule has 1 atom stereocenters. The largest absolute Gasteiger partial charge is 0.424 e. The molecule has 5 rings (SSSR count). The third-order valence-electron chi connectivity index (χ3n) is 6.22. The van der Waals surface area contributed by atoms with E-state index in [1.54, 1.807) is 6.07 Å². The predicted molar refractivity (Wildman–Crippen MR) is 130 cm³/mol. The highest BCUT2D eigenvalue weighted by Crippen LogP contribution is 2.44. The SMILES string of the molecule is Cc1cc(N)ccc1-c1c(C#N)c2ccc(Oc3nccc(C(F)(F)P)n3)cc2n1C1CCC1. The molecule has 0 bridgehead atoms. The monoisotopic (exact) mass is 477 g/mol. The number of ether oxygens (including phenoxy) is 1. The van der Waals surface area contributed by atoms with Gasteiger partial charge in [0.05, 0.1) is 16.8 Å². The Balaban J connectivity index is 1.66. The molecule has 2 aromatic carbocycles. The zero-order valence-corrected chi connectivity index (χ0v) is 19.6. The first-order valence-corrected chi connectivity index (χ1v) is 11.5. The van der Waals surface area contributed by atoms with Gasteiger partial charge in [0, 0.05) is 34.9 Å². The summed E-state index contributed by atoms with van der Waals surface area (Å²) in [6.07, 6.45) is 4.37. The number of aromatic nitrogens is 3. The highest BCUT2D eigenvalue weighted by Gasteiger charge is 2.29. The van der Waals surface area contributed by atoms with Gasteiger partial charge in [0.1, 0.15) is 17.5 Å². The maximum atomic E-state index is 13.6. The molecule has 0 radical (unpaired) electrons. The molecule has 6 nitrogen and oxygen atoms in total. The second kappa shape index (κ2) is 8.34. The van der Waals surface area contributed by atoms with Gasteiger partial charge < -0.3 is 15.0 Å². The average molecular weight is 477 g/mol. The van der Waals surface area contributed by atoms with E-state index in [-0.39, 0.29) is 12.1 Å². The number of fused-ring (bicyclic) bond motifs is 1. The number of rotatable bonds is 5. The molecule has 172 valence electrons. The minimum atomic E-state index is -3.18. The lowest BCUT2D eigenvalue weighted by atomic mass is 9.91. The number of halogens is 2. The van der Waals surface area contributed by atoms with Crippen molar-refractivity contribution in [1.29, 1.82) is 5.26 Å². The Morgan fingerprint density at radius 1 is 1.21 bits per heavy atom. The summed E-state index contributed by atoms with van der Waals surface area (Å²) in [7, 11) is 1.46. The first kappa shape index (κ1) is 22.2. The van der Waals surface area contributed by atoms with Gasteiger partial charge in [-0.2, -0.15) is 19.0 Å². The normalized spacial score (nSPS) is 14.1. The van der Waals surface area contributed by atoms with E-state index in [9.17, 15) is 14.0 Å². The number of hydrogen-bond acceptors (Lipinski definition) is 5. The van der Waals surface area contributed by atoms with Crippen LogP contribution in [0.4, 0.5) is 14.5 Å². The van der Waals surface area contributed by atoms with Crippen LogP contribution in [0.5, 0.6) is 11.8 Å². The quantitative estimate of drug-likeness (QED) is 0.269. The van der Waals surface area contributed by atoms with Crippen molar-refractivity contribution in [1.82, 2.24) is 14.5 Å². The average Bonchev–Trinajstić information content (AvgIpc) is 3.05. The summed E-state index contributed by atoms with van der Waals surface area (Å²) in [6.45, 7) is 1.98. The van der Waals surface area contributed by atoms with Gasteiger partial charge in [-0.3, -0.25) is 0 Å². The standard InChI is InChI=1S/C25H22F2N5OP/c1-14-11-15(29)5-7-18(14)23-20(13-28)19-8-6-17(12-21(19)32(23)16-3-2-4-16)33-24-30-10-9-22(31-24)25(26,27)34/h5-12,16H,2-4,29,34H2,1H3. The van der Waals surface area contributed by atoms with Crippen molar-refractivity contribution < 1.29 is 13.5 Å². The molecule has 1 aliphatic carbocycles. The van der Waals surface area contributed by atoms with Crippen molar-refractivity contribution in [2.24, 2.45) is 0 Å². The van der Waals surface area contributed by atoms with Crippen molar-refractivity contribution in [2.75, 3.05) is 5.73 Å². The number of nitrogen functional groups attached to an aromatic ring is 1. The van der Waals surface area contributed by atoms with E-state index in [1.807, 2.05) is 37.3 Å². The first-order chi connectivity index (χ1) is 16.3. The van der Waals surface area contributed by atoms with Crippen molar-refractivity contribution in [3.8, 4) is 29.1 Å². The van der Waals surface area contributed by atoms with E-state index >= 15 is 0 Å². The summed E-state index contributed by atoms with van der Waals surface area (Å²) >= 11 is 0. The Morgan fingerprint density at radius 2 is 2.00 bits per heavy atom. The number of hydrogen-bond donors (Lipinski definition) is 1. The van der Waals surface area contributed by atoms with Crippen LogP contribution in [0.25, 0.3) is 22.2 Å². The molecule has 0 saturated heterocycles. The van der Waals surface area contributed by atoms with Crippen LogP contribution in [0.3, 0.4) is 0 Å².